The Labute approximate surface area is 154 Å². The summed E-state index contributed by atoms with van der Waals surface area (Å²) >= 11 is 0. The third-order valence-electron chi connectivity index (χ3n) is 3.26. The molecule has 0 saturated carbocycles. The maximum absolute atomic E-state index is 12.3. The molecule has 0 heterocycles. The van der Waals surface area contributed by atoms with Crippen LogP contribution in [-0.2, 0) is 4.79 Å². The molecular weight excluding hydrogens is 344 g/mol. The number of amides is 1. The number of nitrogens with one attached hydrogen (secondary N) is 3. The second-order valence-corrected chi connectivity index (χ2v) is 8.11. The molecule has 0 aliphatic rings. The molecule has 0 rings (SSSR count). The minimum absolute atomic E-state index is 0.0819. The van der Waals surface area contributed by atoms with E-state index in [0.29, 0.717) is 26.2 Å². The lowest BCUT2D eigenvalue weighted by Crippen LogP contribution is -2.45. The Kier molecular flexibility index (Phi) is 19.3. The van der Waals surface area contributed by atoms with Gasteiger partial charge in [-0.2, -0.15) is 0 Å². The van der Waals surface area contributed by atoms with Gasteiger partial charge in [0.15, 0.2) is 0 Å². The first-order valence-corrected chi connectivity index (χ1v) is 11.3. The zero-order valence-electron chi connectivity index (χ0n) is 14.7. The Morgan fingerprint density at radius 2 is 1.50 bits per heavy atom. The molecule has 9 N–H and O–H groups in total. The minimum atomic E-state index is -0.144. The smallest absolute Gasteiger partial charge is 0.237 e. The zero-order chi connectivity index (χ0) is 17.9. The van der Waals surface area contributed by atoms with Crippen molar-refractivity contribution in [2.45, 2.75) is 31.7 Å². The highest BCUT2D eigenvalue weighted by molar-refractivity contribution is 8.76. The van der Waals surface area contributed by atoms with Gasteiger partial charge in [-0.05, 0) is 58.4 Å². The van der Waals surface area contributed by atoms with Gasteiger partial charge < -0.3 is 33.2 Å². The lowest BCUT2D eigenvalue weighted by atomic mass is 10.1. The van der Waals surface area contributed by atoms with Gasteiger partial charge in [-0.15, -0.1) is 0 Å². The Balaban J connectivity index is 3.92. The molecule has 1 unspecified atom stereocenters. The van der Waals surface area contributed by atoms with Gasteiger partial charge in [0.25, 0.3) is 0 Å². The van der Waals surface area contributed by atoms with Crippen molar-refractivity contribution >= 4 is 27.5 Å². The average Bonchev–Trinajstić information content (AvgIpc) is 2.59. The first kappa shape index (κ1) is 24.0. The molecule has 0 aromatic carbocycles. The number of nitrogens with two attached hydrogens (primary N) is 3. The zero-order valence-corrected chi connectivity index (χ0v) is 16.4. The summed E-state index contributed by atoms with van der Waals surface area (Å²) in [4.78, 5) is 12.3. The van der Waals surface area contributed by atoms with E-state index < -0.39 is 0 Å². The Bertz CT molecular complexity index is 287. The van der Waals surface area contributed by atoms with Gasteiger partial charge >= 0.3 is 0 Å². The Morgan fingerprint density at radius 3 is 2.21 bits per heavy atom. The minimum Gasteiger partial charge on any atom is -0.354 e. The summed E-state index contributed by atoms with van der Waals surface area (Å²) in [5, 5.41) is 9.67. The van der Waals surface area contributed by atoms with E-state index in [1.54, 1.807) is 21.6 Å². The van der Waals surface area contributed by atoms with Crippen molar-refractivity contribution in [2.24, 2.45) is 17.2 Å². The summed E-state index contributed by atoms with van der Waals surface area (Å²) < 4.78 is 0. The largest absolute Gasteiger partial charge is 0.354 e. The quantitative estimate of drug-likeness (QED) is 0.138. The summed E-state index contributed by atoms with van der Waals surface area (Å²) in [6.07, 6.45) is 3.64. The fourth-order valence-electron chi connectivity index (χ4n) is 1.99. The predicted octanol–water partition coefficient (Wildman–Crippen LogP) is -0.532. The lowest BCUT2D eigenvalue weighted by molar-refractivity contribution is -0.123. The predicted molar refractivity (Wildman–Crippen MR) is 108 cm³/mol. The first-order chi connectivity index (χ1) is 11.8. The highest BCUT2D eigenvalue weighted by Gasteiger charge is 2.16. The SMILES string of the molecule is NCCCNCCCC(NCCCN)C(=O)NCCSSCCN. The van der Waals surface area contributed by atoms with Gasteiger partial charge in [0.1, 0.15) is 0 Å². The molecule has 0 aromatic rings. The standard InChI is InChI=1S/C15H36N6OS2/c16-5-2-9-19-8-1-4-14(20-10-3-6-17)15(22)21-11-13-24-23-12-7-18/h14,19-20H,1-13,16-18H2,(H,21,22). The van der Waals surface area contributed by atoms with Crippen LogP contribution >= 0.6 is 21.6 Å². The van der Waals surface area contributed by atoms with Crippen molar-refractivity contribution in [3.8, 4) is 0 Å². The van der Waals surface area contributed by atoms with E-state index in [9.17, 15) is 4.79 Å². The van der Waals surface area contributed by atoms with Crippen LogP contribution in [0, 0.1) is 0 Å². The van der Waals surface area contributed by atoms with E-state index in [-0.39, 0.29) is 11.9 Å². The molecule has 0 radical (unpaired) electrons. The van der Waals surface area contributed by atoms with Crippen molar-refractivity contribution in [1.82, 2.24) is 16.0 Å². The van der Waals surface area contributed by atoms with E-state index in [2.05, 4.69) is 16.0 Å². The number of hydrogen-bond acceptors (Lipinski definition) is 8. The summed E-state index contributed by atoms with van der Waals surface area (Å²) in [6.45, 7) is 5.34. The van der Waals surface area contributed by atoms with Gasteiger partial charge in [0.05, 0.1) is 6.04 Å². The van der Waals surface area contributed by atoms with E-state index >= 15 is 0 Å². The van der Waals surface area contributed by atoms with Crippen molar-refractivity contribution in [2.75, 3.05) is 57.3 Å². The average molecular weight is 381 g/mol. The molecule has 24 heavy (non-hydrogen) atoms. The van der Waals surface area contributed by atoms with Crippen molar-refractivity contribution in [1.29, 1.82) is 0 Å². The molecule has 7 nitrogen and oxygen atoms in total. The van der Waals surface area contributed by atoms with Gasteiger partial charge in [-0.3, -0.25) is 4.79 Å². The van der Waals surface area contributed by atoms with Crippen molar-refractivity contribution < 1.29 is 4.79 Å². The van der Waals surface area contributed by atoms with Crippen LogP contribution in [0.15, 0.2) is 0 Å². The summed E-state index contributed by atoms with van der Waals surface area (Å²) in [7, 11) is 3.49. The number of carbonyl (C=O) groups excluding carboxylic acids is 1. The second-order valence-electron chi connectivity index (χ2n) is 5.41. The molecule has 0 aromatic heterocycles. The highest BCUT2D eigenvalue weighted by Crippen LogP contribution is 2.18. The molecule has 0 aliphatic carbocycles. The fourth-order valence-corrected chi connectivity index (χ4v) is 3.76. The van der Waals surface area contributed by atoms with Gasteiger partial charge in [-0.25, -0.2) is 0 Å². The Morgan fingerprint density at radius 1 is 0.833 bits per heavy atom. The van der Waals surface area contributed by atoms with E-state index in [0.717, 1.165) is 56.8 Å². The number of hydrogen-bond donors (Lipinski definition) is 6. The normalized spacial score (nSPS) is 12.3. The lowest BCUT2D eigenvalue weighted by Gasteiger charge is -2.18. The van der Waals surface area contributed by atoms with Crippen LogP contribution in [0.1, 0.15) is 25.7 Å². The van der Waals surface area contributed by atoms with Crippen LogP contribution in [0.3, 0.4) is 0 Å². The molecule has 1 atom stereocenters. The maximum atomic E-state index is 12.3. The molecule has 144 valence electrons. The number of rotatable bonds is 18. The summed E-state index contributed by atoms with van der Waals surface area (Å²) in [5.74, 6) is 1.92. The highest BCUT2D eigenvalue weighted by atomic mass is 33.1. The first-order valence-electron chi connectivity index (χ1n) is 8.82. The molecule has 0 bridgehead atoms. The second kappa shape index (κ2) is 19.3. The van der Waals surface area contributed by atoms with Crippen LogP contribution in [0.5, 0.6) is 0 Å². The topological polar surface area (TPSA) is 131 Å². The summed E-state index contributed by atoms with van der Waals surface area (Å²) in [6, 6.07) is -0.144. The van der Waals surface area contributed by atoms with Gasteiger partial charge in [-0.1, -0.05) is 21.6 Å². The van der Waals surface area contributed by atoms with Gasteiger partial charge in [0, 0.05) is 24.6 Å². The summed E-state index contributed by atoms with van der Waals surface area (Å²) in [5.41, 5.74) is 16.4. The fraction of sp³-hybridized carbons (Fsp3) is 0.933. The molecule has 0 aliphatic heterocycles. The van der Waals surface area contributed by atoms with E-state index in [1.165, 1.54) is 0 Å². The number of carbonyl (C=O) groups is 1. The molecule has 0 spiro atoms. The molecule has 0 fully saturated rings. The van der Waals surface area contributed by atoms with Crippen LogP contribution in [-0.4, -0.2) is 69.3 Å². The van der Waals surface area contributed by atoms with Crippen molar-refractivity contribution in [3.63, 3.8) is 0 Å². The maximum Gasteiger partial charge on any atom is 0.237 e. The van der Waals surface area contributed by atoms with Crippen LogP contribution in [0.2, 0.25) is 0 Å². The van der Waals surface area contributed by atoms with Crippen LogP contribution < -0.4 is 33.2 Å². The van der Waals surface area contributed by atoms with Gasteiger partial charge in [0.2, 0.25) is 5.91 Å². The molecular formula is C15H36N6OS2. The third-order valence-corrected chi connectivity index (χ3v) is 5.70. The third kappa shape index (κ3) is 15.5. The van der Waals surface area contributed by atoms with E-state index in [4.69, 9.17) is 17.2 Å². The van der Waals surface area contributed by atoms with Crippen LogP contribution in [0.4, 0.5) is 0 Å². The van der Waals surface area contributed by atoms with Crippen molar-refractivity contribution in [3.05, 3.63) is 0 Å². The van der Waals surface area contributed by atoms with E-state index in [1.807, 2.05) is 0 Å². The Hall–Kier alpha value is -0.0300. The molecule has 1 amide bonds. The van der Waals surface area contributed by atoms with Crippen LogP contribution in [0.25, 0.3) is 0 Å². The molecule has 9 heteroatoms. The molecule has 0 saturated heterocycles. The monoisotopic (exact) mass is 380 g/mol.